The predicted molar refractivity (Wildman–Crippen MR) is 76.4 cm³/mol. The molecule has 1 aliphatic carbocycles. The van der Waals surface area contributed by atoms with Crippen LogP contribution in [0, 0.1) is 20.2 Å². The molecule has 0 unspecified atom stereocenters. The molecule has 10 heteroatoms. The number of carbonyl (C=O) groups excluding carboxylic acids is 2. The van der Waals surface area contributed by atoms with Gasteiger partial charge in [-0.1, -0.05) is 0 Å². The van der Waals surface area contributed by atoms with Crippen LogP contribution >= 0.6 is 0 Å². The number of ketones is 2. The van der Waals surface area contributed by atoms with Crippen molar-refractivity contribution >= 4 is 22.9 Å². The summed E-state index contributed by atoms with van der Waals surface area (Å²) in [4.78, 5) is 44.8. The molecule has 2 aromatic carbocycles. The fraction of sp³-hybridized carbons (Fsp3) is 0. The Balaban J connectivity index is 2.32. The summed E-state index contributed by atoms with van der Waals surface area (Å²) in [6.45, 7) is 0. The van der Waals surface area contributed by atoms with Gasteiger partial charge in [0.15, 0.2) is 17.3 Å². The lowest BCUT2D eigenvalue weighted by Gasteiger charge is -2.18. The van der Waals surface area contributed by atoms with Crippen molar-refractivity contribution in [2.75, 3.05) is 0 Å². The van der Waals surface area contributed by atoms with Crippen LogP contribution < -0.4 is 0 Å². The van der Waals surface area contributed by atoms with E-state index in [4.69, 9.17) is 0 Å². The van der Waals surface area contributed by atoms with Gasteiger partial charge in [-0.3, -0.25) is 29.8 Å². The SMILES string of the molecule is O=C1c2cc(O)c([N+](=O)[O-])cc2C(=O)c2c(O)cc([N+](=O)[O-])cc21. The molecule has 0 saturated heterocycles. The highest BCUT2D eigenvalue weighted by atomic mass is 16.6. The molecule has 2 aromatic rings. The first kappa shape index (κ1) is 15.1. The Kier molecular flexibility index (Phi) is 3.04. The van der Waals surface area contributed by atoms with E-state index in [1.54, 1.807) is 0 Å². The molecule has 0 aromatic heterocycles. The Morgan fingerprint density at radius 3 is 1.96 bits per heavy atom. The molecule has 0 bridgehead atoms. The first-order valence-electron chi connectivity index (χ1n) is 6.34. The lowest BCUT2D eigenvalue weighted by atomic mass is 9.83. The number of nitro groups is 2. The maximum absolute atomic E-state index is 12.5. The number of benzene rings is 2. The number of rotatable bonds is 2. The van der Waals surface area contributed by atoms with Crippen LogP contribution in [-0.2, 0) is 0 Å². The molecule has 0 fully saturated rings. The zero-order chi connectivity index (χ0) is 17.8. The topological polar surface area (TPSA) is 161 Å². The number of phenolic OH excluding ortho intramolecular Hbond substituents is 2. The summed E-state index contributed by atoms with van der Waals surface area (Å²) in [6.07, 6.45) is 0. The second-order valence-corrected chi connectivity index (χ2v) is 4.95. The van der Waals surface area contributed by atoms with Crippen molar-refractivity contribution in [3.05, 3.63) is 66.7 Å². The highest BCUT2D eigenvalue weighted by molar-refractivity contribution is 6.29. The van der Waals surface area contributed by atoms with E-state index in [2.05, 4.69) is 0 Å². The first-order valence-corrected chi connectivity index (χ1v) is 6.34. The van der Waals surface area contributed by atoms with Crippen LogP contribution in [-0.4, -0.2) is 31.6 Å². The standard InChI is InChI=1S/C14H6N2O8/c17-10-4-7-6(3-9(10)16(23)24)14(20)12-8(13(7)19)1-5(15(21)22)2-11(12)18/h1-4,17-18H. The summed E-state index contributed by atoms with van der Waals surface area (Å²) < 4.78 is 0. The summed E-state index contributed by atoms with van der Waals surface area (Å²) in [5.74, 6) is -3.38. The van der Waals surface area contributed by atoms with Gasteiger partial charge in [-0.15, -0.1) is 0 Å². The summed E-state index contributed by atoms with van der Waals surface area (Å²) in [6, 6.07) is 3.03. The fourth-order valence-electron chi connectivity index (χ4n) is 2.51. The number of nitrogens with zero attached hydrogens (tertiary/aromatic N) is 2. The maximum Gasteiger partial charge on any atom is 0.311 e. The van der Waals surface area contributed by atoms with E-state index in [1.165, 1.54) is 0 Å². The van der Waals surface area contributed by atoms with E-state index in [0.717, 1.165) is 18.2 Å². The van der Waals surface area contributed by atoms with Gasteiger partial charge in [-0.2, -0.15) is 0 Å². The van der Waals surface area contributed by atoms with Crippen LogP contribution in [0.25, 0.3) is 0 Å². The summed E-state index contributed by atoms with van der Waals surface area (Å²) in [5, 5.41) is 41.2. The molecule has 0 aliphatic heterocycles. The molecule has 0 spiro atoms. The van der Waals surface area contributed by atoms with Crippen LogP contribution in [0.3, 0.4) is 0 Å². The van der Waals surface area contributed by atoms with E-state index in [9.17, 15) is 40.0 Å². The van der Waals surface area contributed by atoms with Gasteiger partial charge in [0.05, 0.1) is 21.5 Å². The number of hydrogen-bond donors (Lipinski definition) is 2. The van der Waals surface area contributed by atoms with Crippen molar-refractivity contribution in [2.45, 2.75) is 0 Å². The minimum absolute atomic E-state index is 0.338. The van der Waals surface area contributed by atoms with Crippen LogP contribution in [0.5, 0.6) is 11.5 Å². The zero-order valence-corrected chi connectivity index (χ0v) is 11.5. The normalized spacial score (nSPS) is 12.5. The Morgan fingerprint density at radius 2 is 1.38 bits per heavy atom. The Morgan fingerprint density at radius 1 is 0.750 bits per heavy atom. The van der Waals surface area contributed by atoms with E-state index in [-0.39, 0.29) is 11.1 Å². The van der Waals surface area contributed by atoms with Gasteiger partial charge in [0, 0.05) is 28.8 Å². The molecular formula is C14H6N2O8. The van der Waals surface area contributed by atoms with E-state index < -0.39 is 55.4 Å². The number of aromatic hydroxyl groups is 2. The predicted octanol–water partition coefficient (Wildman–Crippen LogP) is 1.69. The quantitative estimate of drug-likeness (QED) is 0.530. The molecule has 0 radical (unpaired) electrons. The Hall–Kier alpha value is -3.82. The van der Waals surface area contributed by atoms with Gasteiger partial charge in [0.1, 0.15) is 5.75 Å². The van der Waals surface area contributed by atoms with Crippen molar-refractivity contribution in [1.82, 2.24) is 0 Å². The molecular weight excluding hydrogens is 324 g/mol. The maximum atomic E-state index is 12.5. The van der Waals surface area contributed by atoms with Crippen LogP contribution in [0.4, 0.5) is 11.4 Å². The van der Waals surface area contributed by atoms with Gasteiger partial charge < -0.3 is 10.2 Å². The lowest BCUT2D eigenvalue weighted by molar-refractivity contribution is -0.385. The highest BCUT2D eigenvalue weighted by Gasteiger charge is 2.36. The van der Waals surface area contributed by atoms with Crippen LogP contribution in [0.15, 0.2) is 24.3 Å². The fourth-order valence-corrected chi connectivity index (χ4v) is 2.51. The summed E-state index contributed by atoms with van der Waals surface area (Å²) >= 11 is 0. The molecule has 120 valence electrons. The van der Waals surface area contributed by atoms with Crippen molar-refractivity contribution in [1.29, 1.82) is 0 Å². The van der Waals surface area contributed by atoms with E-state index >= 15 is 0 Å². The van der Waals surface area contributed by atoms with Gasteiger partial charge in [0.25, 0.3) is 5.69 Å². The molecule has 0 saturated carbocycles. The number of fused-ring (bicyclic) bond motifs is 2. The van der Waals surface area contributed by atoms with Crippen molar-refractivity contribution in [2.24, 2.45) is 0 Å². The van der Waals surface area contributed by atoms with Gasteiger partial charge >= 0.3 is 5.69 Å². The average molecular weight is 330 g/mol. The average Bonchev–Trinajstić information content (AvgIpc) is 2.51. The number of phenols is 2. The minimum atomic E-state index is -0.932. The largest absolute Gasteiger partial charge is 0.507 e. The minimum Gasteiger partial charge on any atom is -0.507 e. The van der Waals surface area contributed by atoms with Crippen LogP contribution in [0.2, 0.25) is 0 Å². The number of non-ortho nitro benzene ring substituents is 1. The summed E-state index contributed by atoms with van der Waals surface area (Å²) in [7, 11) is 0. The van der Waals surface area contributed by atoms with Crippen molar-refractivity contribution in [3.8, 4) is 11.5 Å². The van der Waals surface area contributed by atoms with Crippen LogP contribution in [0.1, 0.15) is 31.8 Å². The molecule has 24 heavy (non-hydrogen) atoms. The van der Waals surface area contributed by atoms with Gasteiger partial charge in [-0.25, -0.2) is 0 Å². The summed E-state index contributed by atoms with van der Waals surface area (Å²) in [5.41, 5.74) is -2.97. The highest BCUT2D eigenvalue weighted by Crippen LogP contribution is 2.39. The second-order valence-electron chi connectivity index (χ2n) is 4.95. The molecule has 0 heterocycles. The van der Waals surface area contributed by atoms with Crippen molar-refractivity contribution in [3.63, 3.8) is 0 Å². The molecule has 0 atom stereocenters. The first-order chi connectivity index (χ1) is 11.2. The molecule has 3 rings (SSSR count). The zero-order valence-electron chi connectivity index (χ0n) is 11.5. The van der Waals surface area contributed by atoms with E-state index in [1.807, 2.05) is 0 Å². The third kappa shape index (κ3) is 1.97. The van der Waals surface area contributed by atoms with Gasteiger partial charge in [0.2, 0.25) is 0 Å². The monoisotopic (exact) mass is 330 g/mol. The Bertz CT molecular complexity index is 979. The number of hydrogen-bond acceptors (Lipinski definition) is 8. The van der Waals surface area contributed by atoms with Crippen molar-refractivity contribution < 1.29 is 29.6 Å². The third-order valence-corrected chi connectivity index (χ3v) is 3.59. The molecule has 1 aliphatic rings. The molecule has 2 N–H and O–H groups in total. The lowest BCUT2D eigenvalue weighted by Crippen LogP contribution is -2.21. The smallest absolute Gasteiger partial charge is 0.311 e. The molecule has 10 nitrogen and oxygen atoms in total. The third-order valence-electron chi connectivity index (χ3n) is 3.59. The number of nitro benzene ring substituents is 2. The second kappa shape index (κ2) is 4.84. The van der Waals surface area contributed by atoms with Gasteiger partial charge in [-0.05, 0) is 6.07 Å². The van der Waals surface area contributed by atoms with E-state index in [0.29, 0.717) is 6.07 Å². The number of carbonyl (C=O) groups is 2. The Labute approximate surface area is 131 Å². The molecule has 0 amide bonds.